The van der Waals surface area contributed by atoms with E-state index in [0.29, 0.717) is 17.5 Å². The first kappa shape index (κ1) is 18.0. The minimum Gasteiger partial charge on any atom is -0.339 e. The summed E-state index contributed by atoms with van der Waals surface area (Å²) in [7, 11) is 0. The second kappa shape index (κ2) is 7.93. The molecule has 1 N–H and O–H groups in total. The normalized spacial score (nSPS) is 23.6. The molecule has 5 heteroatoms. The number of Topliss-reactive ketones (excluding diaryl/α,β-unsaturated/α-hetero) is 1. The van der Waals surface area contributed by atoms with E-state index in [0.717, 1.165) is 50.9 Å². The van der Waals surface area contributed by atoms with E-state index in [1.807, 2.05) is 11.8 Å². The van der Waals surface area contributed by atoms with Crippen LogP contribution < -0.4 is 5.32 Å². The van der Waals surface area contributed by atoms with Crippen LogP contribution in [-0.4, -0.2) is 42.8 Å². The summed E-state index contributed by atoms with van der Waals surface area (Å²) in [5.74, 6) is 1.67. The van der Waals surface area contributed by atoms with Crippen molar-refractivity contribution in [2.45, 2.75) is 26.2 Å². The second-order valence-electron chi connectivity index (χ2n) is 6.40. The van der Waals surface area contributed by atoms with Crippen LogP contribution in [0.15, 0.2) is 24.3 Å². The largest absolute Gasteiger partial charge is 0.339 e. The predicted octanol–water partition coefficient (Wildman–Crippen LogP) is 2.77. The Morgan fingerprint density at radius 2 is 1.57 bits per heavy atom. The number of carbonyl (C=O) groups is 2. The third kappa shape index (κ3) is 3.93. The number of fused-ring (bicyclic) bond motifs is 1. The Hall–Kier alpha value is -1.39. The van der Waals surface area contributed by atoms with Crippen molar-refractivity contribution in [3.05, 3.63) is 35.4 Å². The van der Waals surface area contributed by atoms with Gasteiger partial charge in [0.25, 0.3) is 5.91 Å². The van der Waals surface area contributed by atoms with Crippen LogP contribution in [0.4, 0.5) is 0 Å². The van der Waals surface area contributed by atoms with Crippen molar-refractivity contribution < 1.29 is 9.59 Å². The molecule has 2 aliphatic heterocycles. The fourth-order valence-electron chi connectivity index (χ4n) is 3.61. The highest BCUT2D eigenvalue weighted by atomic mass is 35.5. The summed E-state index contributed by atoms with van der Waals surface area (Å²) >= 11 is 0. The number of halogens is 1. The Morgan fingerprint density at radius 3 is 2.09 bits per heavy atom. The van der Waals surface area contributed by atoms with E-state index in [4.69, 9.17) is 0 Å². The number of likely N-dealkylation sites (tertiary alicyclic amines) is 1. The average molecular weight is 337 g/mol. The summed E-state index contributed by atoms with van der Waals surface area (Å²) in [5, 5.41) is 3.45. The van der Waals surface area contributed by atoms with Crippen LogP contribution in [0.1, 0.15) is 46.9 Å². The molecule has 0 saturated carbocycles. The van der Waals surface area contributed by atoms with Gasteiger partial charge in [-0.1, -0.05) is 19.1 Å². The van der Waals surface area contributed by atoms with Gasteiger partial charge in [-0.15, -0.1) is 12.4 Å². The van der Waals surface area contributed by atoms with Crippen molar-refractivity contribution >= 4 is 24.1 Å². The van der Waals surface area contributed by atoms with Gasteiger partial charge in [0.2, 0.25) is 0 Å². The van der Waals surface area contributed by atoms with E-state index in [1.165, 1.54) is 0 Å². The zero-order valence-corrected chi connectivity index (χ0v) is 14.4. The highest BCUT2D eigenvalue weighted by molar-refractivity contribution is 5.98. The van der Waals surface area contributed by atoms with Crippen molar-refractivity contribution in [2.24, 2.45) is 11.8 Å². The quantitative estimate of drug-likeness (QED) is 0.863. The number of rotatable bonds is 3. The Balaban J connectivity index is 0.00000192. The maximum Gasteiger partial charge on any atom is 0.253 e. The molecule has 2 heterocycles. The molecular weight excluding hydrogens is 312 g/mol. The number of benzene rings is 1. The molecule has 2 aliphatic rings. The van der Waals surface area contributed by atoms with Gasteiger partial charge in [0.1, 0.15) is 0 Å². The van der Waals surface area contributed by atoms with Gasteiger partial charge in [-0.05, 0) is 49.9 Å². The summed E-state index contributed by atoms with van der Waals surface area (Å²) in [6.45, 7) is 5.74. The van der Waals surface area contributed by atoms with Crippen molar-refractivity contribution in [3.8, 4) is 0 Å². The molecule has 0 radical (unpaired) electrons. The Morgan fingerprint density at radius 1 is 1.04 bits per heavy atom. The van der Waals surface area contributed by atoms with Gasteiger partial charge in [-0.2, -0.15) is 0 Å². The van der Waals surface area contributed by atoms with E-state index in [2.05, 4.69) is 5.32 Å². The molecule has 4 nitrogen and oxygen atoms in total. The van der Waals surface area contributed by atoms with E-state index in [-0.39, 0.29) is 24.1 Å². The number of hydrogen-bond acceptors (Lipinski definition) is 3. The number of ketones is 1. The van der Waals surface area contributed by atoms with Crippen LogP contribution >= 0.6 is 12.4 Å². The Bertz CT molecular complexity index is 545. The van der Waals surface area contributed by atoms with Crippen molar-refractivity contribution in [1.29, 1.82) is 0 Å². The number of hydrogen-bond donors (Lipinski definition) is 1. The van der Waals surface area contributed by atoms with Gasteiger partial charge in [0, 0.05) is 30.6 Å². The fraction of sp³-hybridized carbons (Fsp3) is 0.556. The predicted molar refractivity (Wildman–Crippen MR) is 93.3 cm³/mol. The summed E-state index contributed by atoms with van der Waals surface area (Å²) in [5.41, 5.74) is 1.38. The first-order valence-electron chi connectivity index (χ1n) is 8.32. The maximum absolute atomic E-state index is 12.6. The number of nitrogens with one attached hydrogen (secondary N) is 1. The molecule has 2 saturated heterocycles. The van der Waals surface area contributed by atoms with E-state index in [9.17, 15) is 9.59 Å². The summed E-state index contributed by atoms with van der Waals surface area (Å²) < 4.78 is 0. The van der Waals surface area contributed by atoms with Crippen LogP contribution in [0.5, 0.6) is 0 Å². The van der Waals surface area contributed by atoms with Crippen molar-refractivity contribution in [2.75, 3.05) is 26.2 Å². The molecule has 2 atom stereocenters. The van der Waals surface area contributed by atoms with Crippen molar-refractivity contribution in [1.82, 2.24) is 10.2 Å². The first-order chi connectivity index (χ1) is 10.7. The lowest BCUT2D eigenvalue weighted by Crippen LogP contribution is -2.32. The minimum atomic E-state index is 0. The van der Waals surface area contributed by atoms with Gasteiger partial charge in [0.15, 0.2) is 5.78 Å². The third-order valence-corrected chi connectivity index (χ3v) is 5.08. The molecule has 0 aromatic heterocycles. The van der Waals surface area contributed by atoms with Crippen LogP contribution in [0, 0.1) is 11.8 Å². The topological polar surface area (TPSA) is 49.4 Å². The zero-order valence-electron chi connectivity index (χ0n) is 13.6. The molecule has 0 bridgehead atoms. The van der Waals surface area contributed by atoms with Crippen LogP contribution in [0.2, 0.25) is 0 Å². The van der Waals surface area contributed by atoms with Crippen LogP contribution in [0.3, 0.4) is 0 Å². The van der Waals surface area contributed by atoms with Gasteiger partial charge in [-0.3, -0.25) is 9.59 Å². The lowest BCUT2D eigenvalue weighted by atomic mass is 9.92. The maximum atomic E-state index is 12.6. The molecule has 1 aromatic rings. The molecule has 3 rings (SSSR count). The minimum absolute atomic E-state index is 0. The highest BCUT2D eigenvalue weighted by Gasteiger charge is 2.31. The molecule has 0 unspecified atom stereocenters. The number of carbonyl (C=O) groups excluding carboxylic acids is 2. The molecule has 0 spiro atoms. The van der Waals surface area contributed by atoms with Gasteiger partial charge in [-0.25, -0.2) is 0 Å². The molecule has 1 amide bonds. The third-order valence-electron chi connectivity index (χ3n) is 5.08. The SMILES string of the molecule is CCC(=O)c1ccc(C(=O)N2CC[C@@H]3CNC[C@@H]3CC2)cc1.Cl. The molecule has 23 heavy (non-hydrogen) atoms. The number of amides is 1. The lowest BCUT2D eigenvalue weighted by Gasteiger charge is -2.21. The Labute approximate surface area is 144 Å². The molecule has 126 valence electrons. The fourth-order valence-corrected chi connectivity index (χ4v) is 3.61. The lowest BCUT2D eigenvalue weighted by molar-refractivity contribution is 0.0758. The van der Waals surface area contributed by atoms with E-state index < -0.39 is 0 Å². The van der Waals surface area contributed by atoms with Crippen LogP contribution in [-0.2, 0) is 0 Å². The molecule has 0 aliphatic carbocycles. The second-order valence-corrected chi connectivity index (χ2v) is 6.40. The summed E-state index contributed by atoms with van der Waals surface area (Å²) in [6.07, 6.45) is 2.68. The van der Waals surface area contributed by atoms with Crippen LogP contribution in [0.25, 0.3) is 0 Å². The average Bonchev–Trinajstić information content (AvgIpc) is 2.92. The standard InChI is InChI=1S/C18H24N2O2.ClH/c1-2-17(21)13-3-5-14(6-4-13)18(22)20-9-7-15-11-19-12-16(15)8-10-20;/h3-6,15-16,19H,2,7-12H2,1H3;1H/t15-,16+;. The smallest absolute Gasteiger partial charge is 0.253 e. The van der Waals surface area contributed by atoms with Gasteiger partial charge >= 0.3 is 0 Å². The van der Waals surface area contributed by atoms with E-state index >= 15 is 0 Å². The first-order valence-corrected chi connectivity index (χ1v) is 8.32. The summed E-state index contributed by atoms with van der Waals surface area (Å²) in [6, 6.07) is 7.13. The number of nitrogens with zero attached hydrogens (tertiary/aromatic N) is 1. The highest BCUT2D eigenvalue weighted by Crippen LogP contribution is 2.27. The Kier molecular flexibility index (Phi) is 6.19. The van der Waals surface area contributed by atoms with E-state index in [1.54, 1.807) is 24.3 Å². The van der Waals surface area contributed by atoms with Gasteiger partial charge < -0.3 is 10.2 Å². The zero-order chi connectivity index (χ0) is 15.5. The van der Waals surface area contributed by atoms with Crippen molar-refractivity contribution in [3.63, 3.8) is 0 Å². The molecule has 1 aromatic carbocycles. The molecular formula is C18H25ClN2O2. The monoisotopic (exact) mass is 336 g/mol. The molecule has 2 fully saturated rings. The van der Waals surface area contributed by atoms with Gasteiger partial charge in [0.05, 0.1) is 0 Å². The summed E-state index contributed by atoms with van der Waals surface area (Å²) in [4.78, 5) is 26.3.